The number of benzene rings is 1. The Labute approximate surface area is 170 Å². The molecule has 1 aliphatic rings. The Morgan fingerprint density at radius 1 is 1.19 bits per heavy atom. The molecule has 1 heterocycles. The van der Waals surface area contributed by atoms with Gasteiger partial charge in [0, 0.05) is 6.54 Å². The molecule has 0 saturated carbocycles. The monoisotopic (exact) mass is 413 g/mol. The highest BCUT2D eigenvalue weighted by Gasteiger charge is 2.29. The summed E-state index contributed by atoms with van der Waals surface area (Å²) >= 11 is 12.2. The third-order valence-corrected chi connectivity index (χ3v) is 4.75. The second-order valence-corrected chi connectivity index (χ2v) is 8.13. The van der Waals surface area contributed by atoms with Crippen LogP contribution in [0.25, 0.3) is 5.57 Å². The first-order valence-electron chi connectivity index (χ1n) is 8.95. The summed E-state index contributed by atoms with van der Waals surface area (Å²) in [6.45, 7) is 8.05. The quantitative estimate of drug-likeness (QED) is 0.627. The number of nitrogens with zero attached hydrogens (tertiary/aromatic N) is 1. The maximum absolute atomic E-state index is 12.6. The zero-order chi connectivity index (χ0) is 20.2. The number of esters is 1. The van der Waals surface area contributed by atoms with Gasteiger partial charge in [-0.15, -0.1) is 0 Å². The molecule has 2 rings (SSSR count). The van der Waals surface area contributed by atoms with Crippen molar-refractivity contribution in [3.05, 3.63) is 39.4 Å². The number of carbonyl (C=O) groups is 2. The molecule has 0 N–H and O–H groups in total. The zero-order valence-electron chi connectivity index (χ0n) is 16.1. The minimum Gasteiger partial charge on any atom is -0.463 e. The highest BCUT2D eigenvalue weighted by Crippen LogP contribution is 2.32. The Morgan fingerprint density at radius 3 is 2.48 bits per heavy atom. The Bertz CT molecular complexity index is 753. The summed E-state index contributed by atoms with van der Waals surface area (Å²) in [5.74, 6) is -0.436. The van der Waals surface area contributed by atoms with Crippen LogP contribution < -0.4 is 0 Å². The van der Waals surface area contributed by atoms with Crippen molar-refractivity contribution in [2.45, 2.75) is 46.1 Å². The van der Waals surface area contributed by atoms with Crippen molar-refractivity contribution in [1.29, 1.82) is 0 Å². The normalized spacial score (nSPS) is 15.4. The average Bonchev–Trinajstić information content (AvgIpc) is 2.79. The third-order valence-electron chi connectivity index (χ3n) is 4.01. The van der Waals surface area contributed by atoms with Gasteiger partial charge in [0.15, 0.2) is 0 Å². The number of halogens is 2. The zero-order valence-corrected chi connectivity index (χ0v) is 17.6. The molecule has 1 aliphatic heterocycles. The molecule has 0 unspecified atom stereocenters. The van der Waals surface area contributed by atoms with E-state index in [1.807, 2.05) is 26.8 Å². The van der Waals surface area contributed by atoms with Crippen LogP contribution in [0.5, 0.6) is 0 Å². The van der Waals surface area contributed by atoms with Gasteiger partial charge >= 0.3 is 12.1 Å². The lowest BCUT2D eigenvalue weighted by Gasteiger charge is -2.27. The number of hydrogen-bond donors (Lipinski definition) is 0. The van der Waals surface area contributed by atoms with Crippen LogP contribution in [0.15, 0.2) is 23.8 Å². The first-order chi connectivity index (χ1) is 12.6. The second-order valence-electron chi connectivity index (χ2n) is 7.31. The summed E-state index contributed by atoms with van der Waals surface area (Å²) in [4.78, 5) is 26.7. The highest BCUT2D eigenvalue weighted by atomic mass is 35.5. The van der Waals surface area contributed by atoms with Gasteiger partial charge in [0.2, 0.25) is 0 Å². The fourth-order valence-corrected chi connectivity index (χ4v) is 3.15. The Kier molecular flexibility index (Phi) is 7.18. The Hall–Kier alpha value is -1.72. The van der Waals surface area contributed by atoms with Crippen LogP contribution in [0.1, 0.15) is 46.1 Å². The van der Waals surface area contributed by atoms with Crippen molar-refractivity contribution in [3.8, 4) is 0 Å². The van der Waals surface area contributed by atoms with E-state index in [-0.39, 0.29) is 13.2 Å². The van der Waals surface area contributed by atoms with Gasteiger partial charge in [0.25, 0.3) is 0 Å². The number of allylic oxidation sites excluding steroid dienone is 1. The molecule has 1 amide bonds. The summed E-state index contributed by atoms with van der Waals surface area (Å²) in [5, 5.41) is 0.862. The molecular formula is C20H25Cl2NO4. The highest BCUT2D eigenvalue weighted by molar-refractivity contribution is 6.42. The van der Waals surface area contributed by atoms with E-state index < -0.39 is 17.7 Å². The summed E-state index contributed by atoms with van der Waals surface area (Å²) in [6.07, 6.45) is 0.864. The SMILES string of the molecule is CCOC(=O)C1=C(c2ccc(Cl)c(Cl)c2)CCCN(C(=O)OC(C)(C)C)C1. The van der Waals surface area contributed by atoms with E-state index in [9.17, 15) is 9.59 Å². The van der Waals surface area contributed by atoms with E-state index >= 15 is 0 Å². The number of ether oxygens (including phenoxy) is 2. The van der Waals surface area contributed by atoms with E-state index in [0.29, 0.717) is 35.0 Å². The van der Waals surface area contributed by atoms with Gasteiger partial charge in [0.05, 0.1) is 28.8 Å². The molecule has 0 atom stereocenters. The van der Waals surface area contributed by atoms with E-state index in [1.54, 1.807) is 24.0 Å². The first kappa shape index (κ1) is 21.6. The number of carbonyl (C=O) groups excluding carboxylic acids is 2. The number of rotatable bonds is 3. The topological polar surface area (TPSA) is 55.8 Å². The molecule has 0 aromatic heterocycles. The molecule has 0 aliphatic carbocycles. The van der Waals surface area contributed by atoms with Crippen LogP contribution in [0.2, 0.25) is 10.0 Å². The van der Waals surface area contributed by atoms with Crippen LogP contribution in [0, 0.1) is 0 Å². The standard InChI is InChI=1S/C20H25Cl2NO4/c1-5-26-18(24)15-12-23(19(25)27-20(2,3)4)10-6-7-14(15)13-8-9-16(21)17(22)11-13/h8-9,11H,5-7,10,12H2,1-4H3. The molecule has 5 nitrogen and oxygen atoms in total. The van der Waals surface area contributed by atoms with Crippen LogP contribution in [-0.4, -0.2) is 42.3 Å². The molecule has 0 fully saturated rings. The van der Waals surface area contributed by atoms with Crippen LogP contribution >= 0.6 is 23.2 Å². The van der Waals surface area contributed by atoms with Crippen molar-refractivity contribution in [3.63, 3.8) is 0 Å². The van der Waals surface area contributed by atoms with Gasteiger partial charge in [-0.3, -0.25) is 0 Å². The number of hydrogen-bond acceptors (Lipinski definition) is 4. The van der Waals surface area contributed by atoms with Gasteiger partial charge in [0.1, 0.15) is 5.60 Å². The van der Waals surface area contributed by atoms with Gasteiger partial charge in [-0.2, -0.15) is 0 Å². The Morgan fingerprint density at radius 2 is 1.89 bits per heavy atom. The van der Waals surface area contributed by atoms with Crippen molar-refractivity contribution in [1.82, 2.24) is 4.90 Å². The van der Waals surface area contributed by atoms with Gasteiger partial charge in [-0.25, -0.2) is 9.59 Å². The van der Waals surface area contributed by atoms with Crippen LogP contribution in [0.4, 0.5) is 4.79 Å². The lowest BCUT2D eigenvalue weighted by Crippen LogP contribution is -2.39. The van der Waals surface area contributed by atoms with Crippen molar-refractivity contribution in [2.24, 2.45) is 0 Å². The molecule has 1 aromatic carbocycles. The fourth-order valence-electron chi connectivity index (χ4n) is 2.85. The van der Waals surface area contributed by atoms with Crippen molar-refractivity contribution < 1.29 is 19.1 Å². The van der Waals surface area contributed by atoms with E-state index in [4.69, 9.17) is 32.7 Å². The van der Waals surface area contributed by atoms with E-state index in [1.165, 1.54) is 0 Å². The van der Waals surface area contributed by atoms with Crippen molar-refractivity contribution in [2.75, 3.05) is 19.7 Å². The predicted molar refractivity (Wildman–Crippen MR) is 107 cm³/mol. The van der Waals surface area contributed by atoms with Crippen LogP contribution in [-0.2, 0) is 14.3 Å². The molecule has 1 aromatic rings. The molecule has 0 bridgehead atoms. The average molecular weight is 414 g/mol. The van der Waals surface area contributed by atoms with Gasteiger partial charge in [-0.1, -0.05) is 29.3 Å². The maximum atomic E-state index is 12.6. The number of amides is 1. The predicted octanol–water partition coefficient (Wildman–Crippen LogP) is 5.34. The molecule has 148 valence electrons. The minimum atomic E-state index is -0.607. The third kappa shape index (κ3) is 5.88. The van der Waals surface area contributed by atoms with E-state index in [2.05, 4.69) is 0 Å². The molecule has 0 saturated heterocycles. The molecular weight excluding hydrogens is 389 g/mol. The summed E-state index contributed by atoms with van der Waals surface area (Å²) in [6, 6.07) is 5.26. The van der Waals surface area contributed by atoms with Crippen molar-refractivity contribution >= 4 is 40.8 Å². The molecule has 0 radical (unpaired) electrons. The summed E-state index contributed by atoms with van der Waals surface area (Å²) in [7, 11) is 0. The van der Waals surface area contributed by atoms with E-state index in [0.717, 1.165) is 11.1 Å². The summed E-state index contributed by atoms with van der Waals surface area (Å²) < 4.78 is 10.7. The fraction of sp³-hybridized carbons (Fsp3) is 0.500. The Balaban J connectivity index is 2.42. The van der Waals surface area contributed by atoms with Crippen LogP contribution in [0.3, 0.4) is 0 Å². The first-order valence-corrected chi connectivity index (χ1v) is 9.70. The second kappa shape index (κ2) is 8.98. The lowest BCUT2D eigenvalue weighted by atomic mass is 9.96. The summed E-state index contributed by atoms with van der Waals surface area (Å²) in [5.41, 5.74) is 1.46. The maximum Gasteiger partial charge on any atom is 0.410 e. The minimum absolute atomic E-state index is 0.128. The smallest absolute Gasteiger partial charge is 0.410 e. The molecule has 0 spiro atoms. The molecule has 7 heteroatoms. The van der Waals surface area contributed by atoms with Gasteiger partial charge in [-0.05, 0) is 63.8 Å². The molecule has 27 heavy (non-hydrogen) atoms. The largest absolute Gasteiger partial charge is 0.463 e. The van der Waals surface area contributed by atoms with Gasteiger partial charge < -0.3 is 14.4 Å². The lowest BCUT2D eigenvalue weighted by molar-refractivity contribution is -0.138.